The molecule has 3 aliphatic rings. The number of hydrogen-bond donors (Lipinski definition) is 1. The van der Waals surface area contributed by atoms with Crippen molar-refractivity contribution in [3.05, 3.63) is 47.6 Å². The molecule has 3 atom stereocenters. The molecule has 0 bridgehead atoms. The maximum absolute atomic E-state index is 3.84. The van der Waals surface area contributed by atoms with Crippen LogP contribution in [0.3, 0.4) is 0 Å². The van der Waals surface area contributed by atoms with Gasteiger partial charge < -0.3 is 5.32 Å². The summed E-state index contributed by atoms with van der Waals surface area (Å²) in [6.07, 6.45) is 18.5. The summed E-state index contributed by atoms with van der Waals surface area (Å²) in [5.74, 6) is 0.820. The standard InChI is InChI=1S/C16H21N/c1-12-6-2-5-9-16(12)17-15-10-13-7-3-4-8-14(13)11-15/h2-7,14-17H,8-11H2,1H3. The zero-order valence-electron chi connectivity index (χ0n) is 10.5. The van der Waals surface area contributed by atoms with Crippen LogP contribution in [0.5, 0.6) is 0 Å². The second-order valence-corrected chi connectivity index (χ2v) is 5.53. The molecule has 3 rings (SSSR count). The van der Waals surface area contributed by atoms with Crippen molar-refractivity contribution in [2.45, 2.75) is 44.7 Å². The fraction of sp³-hybridized carbons (Fsp3) is 0.500. The third-order valence-electron chi connectivity index (χ3n) is 4.30. The molecule has 1 N–H and O–H groups in total. The summed E-state index contributed by atoms with van der Waals surface area (Å²) in [7, 11) is 0. The lowest BCUT2D eigenvalue weighted by Crippen LogP contribution is -2.38. The molecular weight excluding hydrogens is 206 g/mol. The maximum atomic E-state index is 3.84. The van der Waals surface area contributed by atoms with Crippen molar-refractivity contribution in [1.82, 2.24) is 5.32 Å². The normalized spacial score (nSPS) is 35.5. The highest BCUT2D eigenvalue weighted by Crippen LogP contribution is 2.36. The van der Waals surface area contributed by atoms with Gasteiger partial charge in [0.15, 0.2) is 0 Å². The van der Waals surface area contributed by atoms with Crippen LogP contribution in [-0.2, 0) is 0 Å². The van der Waals surface area contributed by atoms with Crippen molar-refractivity contribution in [3.63, 3.8) is 0 Å². The van der Waals surface area contributed by atoms with Gasteiger partial charge in [0.25, 0.3) is 0 Å². The molecule has 0 spiro atoms. The molecule has 0 aromatic carbocycles. The molecule has 0 aromatic rings. The topological polar surface area (TPSA) is 12.0 Å². The predicted molar refractivity (Wildman–Crippen MR) is 72.8 cm³/mol. The molecule has 0 heterocycles. The molecule has 0 radical (unpaired) electrons. The molecule has 1 heteroatoms. The number of allylic oxidation sites excluding steroid dienone is 5. The Kier molecular flexibility index (Phi) is 3.02. The third kappa shape index (κ3) is 2.30. The van der Waals surface area contributed by atoms with Crippen LogP contribution >= 0.6 is 0 Å². The van der Waals surface area contributed by atoms with Crippen molar-refractivity contribution in [2.75, 3.05) is 0 Å². The first kappa shape index (κ1) is 11.0. The molecule has 0 aromatic heterocycles. The first-order valence-electron chi connectivity index (χ1n) is 6.78. The Bertz CT molecular complexity index is 411. The van der Waals surface area contributed by atoms with Gasteiger partial charge in [-0.15, -0.1) is 0 Å². The van der Waals surface area contributed by atoms with E-state index in [9.17, 15) is 0 Å². The van der Waals surface area contributed by atoms with Gasteiger partial charge in [0.1, 0.15) is 0 Å². The summed E-state index contributed by atoms with van der Waals surface area (Å²) in [6.45, 7) is 2.24. The fourth-order valence-corrected chi connectivity index (χ4v) is 3.26. The van der Waals surface area contributed by atoms with Crippen LogP contribution in [0.4, 0.5) is 0 Å². The summed E-state index contributed by atoms with van der Waals surface area (Å²) in [4.78, 5) is 0. The largest absolute Gasteiger partial charge is 0.307 e. The molecule has 3 aliphatic carbocycles. The fourth-order valence-electron chi connectivity index (χ4n) is 3.26. The van der Waals surface area contributed by atoms with Crippen molar-refractivity contribution in [3.8, 4) is 0 Å². The Hall–Kier alpha value is -1.08. The smallest absolute Gasteiger partial charge is 0.0317 e. The van der Waals surface area contributed by atoms with Gasteiger partial charge in [0.2, 0.25) is 0 Å². The van der Waals surface area contributed by atoms with E-state index in [2.05, 4.69) is 48.7 Å². The summed E-state index contributed by atoms with van der Waals surface area (Å²) in [5.41, 5.74) is 3.15. The minimum atomic E-state index is 0.568. The van der Waals surface area contributed by atoms with E-state index in [1.165, 1.54) is 24.8 Å². The van der Waals surface area contributed by atoms with E-state index in [-0.39, 0.29) is 0 Å². The molecule has 1 fully saturated rings. The van der Waals surface area contributed by atoms with E-state index in [1.807, 2.05) is 0 Å². The van der Waals surface area contributed by atoms with Crippen LogP contribution in [0.15, 0.2) is 47.6 Å². The number of nitrogens with one attached hydrogen (secondary N) is 1. The maximum Gasteiger partial charge on any atom is 0.0317 e. The summed E-state index contributed by atoms with van der Waals surface area (Å²) in [6, 6.07) is 1.25. The van der Waals surface area contributed by atoms with Gasteiger partial charge in [0.05, 0.1) is 0 Å². The van der Waals surface area contributed by atoms with Gasteiger partial charge in [-0.25, -0.2) is 0 Å². The summed E-state index contributed by atoms with van der Waals surface area (Å²) >= 11 is 0. The highest BCUT2D eigenvalue weighted by atomic mass is 15.0. The molecule has 90 valence electrons. The van der Waals surface area contributed by atoms with Crippen LogP contribution in [0.2, 0.25) is 0 Å². The first-order valence-corrected chi connectivity index (χ1v) is 6.78. The highest BCUT2D eigenvalue weighted by Gasteiger charge is 2.30. The SMILES string of the molecule is CC1=CC=CCC1NC1CC2=CC=CCC2C1. The molecular formula is C16H21N. The molecule has 0 aliphatic heterocycles. The lowest BCUT2D eigenvalue weighted by molar-refractivity contribution is 0.445. The summed E-state index contributed by atoms with van der Waals surface area (Å²) < 4.78 is 0. The summed E-state index contributed by atoms with van der Waals surface area (Å²) in [5, 5.41) is 3.84. The van der Waals surface area contributed by atoms with Gasteiger partial charge in [-0.3, -0.25) is 0 Å². The molecule has 0 saturated heterocycles. The van der Waals surface area contributed by atoms with Crippen LogP contribution in [-0.4, -0.2) is 12.1 Å². The van der Waals surface area contributed by atoms with Gasteiger partial charge in [-0.1, -0.05) is 47.6 Å². The van der Waals surface area contributed by atoms with E-state index in [0.29, 0.717) is 12.1 Å². The van der Waals surface area contributed by atoms with Crippen molar-refractivity contribution < 1.29 is 0 Å². The second-order valence-electron chi connectivity index (χ2n) is 5.53. The second kappa shape index (κ2) is 4.66. The van der Waals surface area contributed by atoms with Crippen molar-refractivity contribution >= 4 is 0 Å². The molecule has 0 amide bonds. The Morgan fingerprint density at radius 1 is 1.12 bits per heavy atom. The van der Waals surface area contributed by atoms with Gasteiger partial charge >= 0.3 is 0 Å². The Morgan fingerprint density at radius 2 is 1.94 bits per heavy atom. The van der Waals surface area contributed by atoms with E-state index in [4.69, 9.17) is 0 Å². The number of rotatable bonds is 2. The van der Waals surface area contributed by atoms with E-state index >= 15 is 0 Å². The Balaban J connectivity index is 1.61. The predicted octanol–water partition coefficient (Wildman–Crippen LogP) is 3.52. The van der Waals surface area contributed by atoms with E-state index < -0.39 is 0 Å². The van der Waals surface area contributed by atoms with Crippen LogP contribution in [0.1, 0.15) is 32.6 Å². The van der Waals surface area contributed by atoms with E-state index in [0.717, 1.165) is 12.3 Å². The van der Waals surface area contributed by atoms with Gasteiger partial charge in [0, 0.05) is 12.1 Å². The van der Waals surface area contributed by atoms with Gasteiger partial charge in [-0.05, 0) is 38.5 Å². The quantitative estimate of drug-likeness (QED) is 0.761. The zero-order chi connectivity index (χ0) is 11.7. The Labute approximate surface area is 104 Å². The van der Waals surface area contributed by atoms with Crippen LogP contribution in [0, 0.1) is 5.92 Å². The van der Waals surface area contributed by atoms with Gasteiger partial charge in [-0.2, -0.15) is 0 Å². The minimum absolute atomic E-state index is 0.568. The highest BCUT2D eigenvalue weighted by molar-refractivity contribution is 5.27. The zero-order valence-corrected chi connectivity index (χ0v) is 10.5. The first-order chi connectivity index (χ1) is 8.33. The molecule has 17 heavy (non-hydrogen) atoms. The average molecular weight is 227 g/mol. The average Bonchev–Trinajstić information content (AvgIpc) is 2.74. The molecule has 1 saturated carbocycles. The van der Waals surface area contributed by atoms with Crippen molar-refractivity contribution in [2.24, 2.45) is 5.92 Å². The number of hydrogen-bond acceptors (Lipinski definition) is 1. The van der Waals surface area contributed by atoms with Crippen LogP contribution < -0.4 is 5.32 Å². The Morgan fingerprint density at radius 3 is 2.76 bits per heavy atom. The van der Waals surface area contributed by atoms with Crippen LogP contribution in [0.25, 0.3) is 0 Å². The van der Waals surface area contributed by atoms with E-state index in [1.54, 1.807) is 5.57 Å². The lowest BCUT2D eigenvalue weighted by atomic mass is 9.95. The molecule has 1 nitrogen and oxygen atoms in total. The molecule has 3 unspecified atom stereocenters. The third-order valence-corrected chi connectivity index (χ3v) is 4.30. The van der Waals surface area contributed by atoms with Crippen molar-refractivity contribution in [1.29, 1.82) is 0 Å². The monoisotopic (exact) mass is 227 g/mol. The lowest BCUT2D eigenvalue weighted by Gasteiger charge is -2.24. The minimum Gasteiger partial charge on any atom is -0.307 e. The number of fused-ring (bicyclic) bond motifs is 1.